The average molecular weight is 143 g/mol. The molecule has 0 aliphatic rings. The fourth-order valence-corrected chi connectivity index (χ4v) is 1.07. The van der Waals surface area contributed by atoms with Gasteiger partial charge in [0.2, 0.25) is 0 Å². The van der Waals surface area contributed by atoms with E-state index in [4.69, 9.17) is 7.85 Å². The highest BCUT2D eigenvalue weighted by Crippen LogP contribution is 2.07. The molecule has 2 heterocycles. The van der Waals surface area contributed by atoms with Gasteiger partial charge in [-0.15, -0.1) is 0 Å². The fraction of sp³-hybridized carbons (Fsp3) is 0.143. The molecule has 0 fully saturated rings. The van der Waals surface area contributed by atoms with Crippen molar-refractivity contribution in [3.63, 3.8) is 0 Å². The second-order valence-corrected chi connectivity index (χ2v) is 2.44. The molecule has 2 rings (SSSR count). The van der Waals surface area contributed by atoms with Gasteiger partial charge in [0.15, 0.2) is 0 Å². The van der Waals surface area contributed by atoms with E-state index in [1.165, 1.54) is 0 Å². The molecule has 0 aliphatic carbocycles. The van der Waals surface area contributed by atoms with Gasteiger partial charge in [-0.2, -0.15) is 5.10 Å². The van der Waals surface area contributed by atoms with Crippen LogP contribution in [0.25, 0.3) is 10.9 Å². The summed E-state index contributed by atoms with van der Waals surface area (Å²) in [6.07, 6.45) is 3.49. The van der Waals surface area contributed by atoms with Crippen molar-refractivity contribution in [2.75, 3.05) is 0 Å². The lowest BCUT2D eigenvalue weighted by molar-refractivity contribution is 0.795. The molecule has 0 aliphatic heterocycles. The van der Waals surface area contributed by atoms with Crippen molar-refractivity contribution >= 4 is 24.3 Å². The molecule has 0 atom stereocenters. The van der Waals surface area contributed by atoms with E-state index in [-0.39, 0.29) is 0 Å². The molecule has 3 nitrogen and oxygen atoms in total. The van der Waals surface area contributed by atoms with E-state index in [0.717, 1.165) is 10.9 Å². The first-order valence-electron chi connectivity index (χ1n) is 3.30. The van der Waals surface area contributed by atoms with Crippen LogP contribution in [-0.4, -0.2) is 22.6 Å². The minimum absolute atomic E-state index is 0.533. The van der Waals surface area contributed by atoms with Gasteiger partial charge in [-0.3, -0.25) is 9.67 Å². The van der Waals surface area contributed by atoms with E-state index < -0.39 is 0 Å². The van der Waals surface area contributed by atoms with Gasteiger partial charge in [-0.1, -0.05) is 0 Å². The van der Waals surface area contributed by atoms with Crippen molar-refractivity contribution in [3.05, 3.63) is 18.5 Å². The van der Waals surface area contributed by atoms with Gasteiger partial charge >= 0.3 is 0 Å². The Labute approximate surface area is 65.5 Å². The molecule has 11 heavy (non-hydrogen) atoms. The molecular formula is C7H6BN3. The molecule has 2 aromatic heterocycles. The minimum atomic E-state index is 0.533. The van der Waals surface area contributed by atoms with Crippen molar-refractivity contribution < 1.29 is 0 Å². The summed E-state index contributed by atoms with van der Waals surface area (Å²) in [7, 11) is 7.36. The normalized spacial score (nSPS) is 10.6. The SMILES string of the molecule is [B]c1cc2cnn(C)c2cn1. The Bertz CT molecular complexity index is 393. The number of aromatic nitrogens is 3. The third kappa shape index (κ3) is 0.907. The molecule has 0 aromatic carbocycles. The molecule has 2 radical (unpaired) electrons. The van der Waals surface area contributed by atoms with Crippen LogP contribution in [-0.2, 0) is 7.05 Å². The number of hydrogen-bond acceptors (Lipinski definition) is 2. The van der Waals surface area contributed by atoms with Crippen LogP contribution in [0.2, 0.25) is 0 Å². The van der Waals surface area contributed by atoms with Crippen molar-refractivity contribution in [1.82, 2.24) is 14.8 Å². The van der Waals surface area contributed by atoms with Crippen molar-refractivity contribution in [2.24, 2.45) is 7.05 Å². The summed E-state index contributed by atoms with van der Waals surface area (Å²) >= 11 is 0. The van der Waals surface area contributed by atoms with Crippen molar-refractivity contribution in [3.8, 4) is 0 Å². The lowest BCUT2D eigenvalue weighted by Crippen LogP contribution is -2.06. The van der Waals surface area contributed by atoms with Gasteiger partial charge in [-0.05, 0) is 11.7 Å². The molecule has 2 aromatic rings. The highest BCUT2D eigenvalue weighted by atomic mass is 15.2. The number of hydrogen-bond donors (Lipinski definition) is 0. The Kier molecular flexibility index (Phi) is 1.21. The molecule has 0 bridgehead atoms. The van der Waals surface area contributed by atoms with Crippen LogP contribution in [0.5, 0.6) is 0 Å². The molecular weight excluding hydrogens is 137 g/mol. The Hall–Kier alpha value is -1.32. The van der Waals surface area contributed by atoms with Gasteiger partial charge in [0.1, 0.15) is 7.85 Å². The fourth-order valence-electron chi connectivity index (χ4n) is 1.07. The second kappa shape index (κ2) is 2.08. The number of nitrogens with zero attached hydrogens (tertiary/aromatic N) is 3. The maximum Gasteiger partial charge on any atom is 0.141 e. The lowest BCUT2D eigenvalue weighted by atomic mass is 10.0. The quantitative estimate of drug-likeness (QED) is 0.476. The highest BCUT2D eigenvalue weighted by molar-refractivity contribution is 6.31. The first-order valence-corrected chi connectivity index (χ1v) is 3.30. The van der Waals surface area contributed by atoms with Gasteiger partial charge < -0.3 is 0 Å². The second-order valence-electron chi connectivity index (χ2n) is 2.44. The summed E-state index contributed by atoms with van der Waals surface area (Å²) in [5.41, 5.74) is 1.53. The maximum atomic E-state index is 5.48. The summed E-state index contributed by atoms with van der Waals surface area (Å²) < 4.78 is 1.77. The van der Waals surface area contributed by atoms with Gasteiger partial charge in [0, 0.05) is 12.4 Å². The predicted octanol–water partition coefficient (Wildman–Crippen LogP) is -0.238. The first-order chi connectivity index (χ1) is 5.27. The van der Waals surface area contributed by atoms with Crippen molar-refractivity contribution in [1.29, 1.82) is 0 Å². The van der Waals surface area contributed by atoms with E-state index in [0.29, 0.717) is 5.59 Å². The number of fused-ring (bicyclic) bond motifs is 1. The summed E-state index contributed by atoms with van der Waals surface area (Å²) in [4.78, 5) is 3.96. The highest BCUT2D eigenvalue weighted by Gasteiger charge is 1.97. The number of pyridine rings is 1. The Morgan fingerprint density at radius 2 is 2.27 bits per heavy atom. The number of aryl methyl sites for hydroxylation is 1. The Balaban J connectivity index is 2.86. The van der Waals surface area contributed by atoms with Crippen LogP contribution in [0, 0.1) is 0 Å². The summed E-state index contributed by atoms with van der Waals surface area (Å²) in [6, 6.07) is 1.81. The summed E-state index contributed by atoms with van der Waals surface area (Å²) in [5, 5.41) is 5.09. The van der Waals surface area contributed by atoms with E-state index >= 15 is 0 Å². The van der Waals surface area contributed by atoms with Gasteiger partial charge in [0.25, 0.3) is 0 Å². The monoisotopic (exact) mass is 143 g/mol. The van der Waals surface area contributed by atoms with Crippen LogP contribution in [0.3, 0.4) is 0 Å². The van der Waals surface area contributed by atoms with Gasteiger partial charge in [0.05, 0.1) is 17.9 Å². The molecule has 0 unspecified atom stereocenters. The Morgan fingerprint density at radius 3 is 3.09 bits per heavy atom. The summed E-state index contributed by atoms with van der Waals surface area (Å²) in [5.74, 6) is 0. The minimum Gasteiger partial charge on any atom is -0.271 e. The largest absolute Gasteiger partial charge is 0.271 e. The molecule has 0 saturated carbocycles. The van der Waals surface area contributed by atoms with Crippen LogP contribution in [0.15, 0.2) is 18.5 Å². The third-order valence-electron chi connectivity index (χ3n) is 1.65. The first kappa shape index (κ1) is 6.40. The lowest BCUT2D eigenvalue weighted by Gasteiger charge is -1.93. The average Bonchev–Trinajstić information content (AvgIpc) is 2.32. The van der Waals surface area contributed by atoms with Crippen LogP contribution in [0.4, 0.5) is 0 Å². The van der Waals surface area contributed by atoms with Crippen molar-refractivity contribution in [2.45, 2.75) is 0 Å². The zero-order valence-corrected chi connectivity index (χ0v) is 6.15. The molecule has 0 amide bonds. The van der Waals surface area contributed by atoms with E-state index in [9.17, 15) is 0 Å². The van der Waals surface area contributed by atoms with E-state index in [1.54, 1.807) is 17.1 Å². The van der Waals surface area contributed by atoms with E-state index in [2.05, 4.69) is 10.1 Å². The molecule has 0 spiro atoms. The van der Waals surface area contributed by atoms with E-state index in [1.807, 2.05) is 13.1 Å². The maximum absolute atomic E-state index is 5.48. The molecule has 0 saturated heterocycles. The Morgan fingerprint density at radius 1 is 1.45 bits per heavy atom. The van der Waals surface area contributed by atoms with Crippen LogP contribution < -0.4 is 5.59 Å². The standard InChI is InChI=1S/C7H6BN3/c1-11-6-4-9-7(8)2-5(6)3-10-11/h2-4H,1H3. The molecule has 52 valence electrons. The smallest absolute Gasteiger partial charge is 0.141 e. The van der Waals surface area contributed by atoms with Crippen LogP contribution >= 0.6 is 0 Å². The van der Waals surface area contributed by atoms with Gasteiger partial charge in [-0.25, -0.2) is 0 Å². The number of rotatable bonds is 0. The summed E-state index contributed by atoms with van der Waals surface area (Å²) in [6.45, 7) is 0. The molecule has 4 heteroatoms. The molecule has 0 N–H and O–H groups in total. The topological polar surface area (TPSA) is 30.7 Å². The zero-order chi connectivity index (χ0) is 7.84. The van der Waals surface area contributed by atoms with Crippen LogP contribution in [0.1, 0.15) is 0 Å². The third-order valence-corrected chi connectivity index (χ3v) is 1.65. The zero-order valence-electron chi connectivity index (χ0n) is 6.15. The predicted molar refractivity (Wildman–Crippen MR) is 43.9 cm³/mol.